The summed E-state index contributed by atoms with van der Waals surface area (Å²) in [5.41, 5.74) is 12.7. The van der Waals surface area contributed by atoms with E-state index in [0.29, 0.717) is 34.4 Å². The predicted octanol–water partition coefficient (Wildman–Crippen LogP) is 5.49. The lowest BCUT2D eigenvalue weighted by atomic mass is 9.88. The Bertz CT molecular complexity index is 1690. The average Bonchev–Trinajstić information content (AvgIpc) is 3.32. The number of nitrogens with two attached hydrogens (primary N) is 1. The molecule has 0 saturated heterocycles. The number of amides is 1. The fourth-order valence-corrected chi connectivity index (χ4v) is 5.85. The van der Waals surface area contributed by atoms with Gasteiger partial charge in [0.25, 0.3) is 5.91 Å². The highest BCUT2D eigenvalue weighted by atomic mass is 32.1. The van der Waals surface area contributed by atoms with Crippen molar-refractivity contribution in [1.82, 2.24) is 15.0 Å². The predicted molar refractivity (Wildman–Crippen MR) is 143 cm³/mol. The lowest BCUT2D eigenvalue weighted by Crippen LogP contribution is -2.13. The highest BCUT2D eigenvalue weighted by Crippen LogP contribution is 2.33. The molecule has 5 aromatic rings. The lowest BCUT2D eigenvalue weighted by Gasteiger charge is -2.16. The van der Waals surface area contributed by atoms with Gasteiger partial charge < -0.3 is 11.1 Å². The number of fused-ring (bicyclic) bond motifs is 3. The number of pyridine rings is 1. The number of nitrogen functional groups attached to an aromatic ring is 1. The van der Waals surface area contributed by atoms with E-state index in [1.165, 1.54) is 17.7 Å². The van der Waals surface area contributed by atoms with Gasteiger partial charge in [0.15, 0.2) is 5.78 Å². The number of hydrogen-bond acceptors (Lipinski definition) is 7. The van der Waals surface area contributed by atoms with E-state index in [1.807, 2.05) is 31.2 Å². The van der Waals surface area contributed by atoms with Crippen LogP contribution in [0.4, 0.5) is 11.5 Å². The van der Waals surface area contributed by atoms with Crippen LogP contribution in [0, 0.1) is 6.92 Å². The van der Waals surface area contributed by atoms with Gasteiger partial charge in [0, 0.05) is 40.8 Å². The number of aromatic nitrogens is 3. The normalized spacial score (nSPS) is 13.2. The third-order valence-corrected chi connectivity index (χ3v) is 7.78. The number of benzene rings is 2. The molecule has 1 aliphatic rings. The van der Waals surface area contributed by atoms with Crippen LogP contribution in [0.25, 0.3) is 21.0 Å². The smallest absolute Gasteiger partial charge is 0.258 e. The van der Waals surface area contributed by atoms with E-state index in [2.05, 4.69) is 32.4 Å². The second-order valence-corrected chi connectivity index (χ2v) is 9.98. The monoisotopic (exact) mass is 493 g/mol. The maximum atomic E-state index is 13.3. The summed E-state index contributed by atoms with van der Waals surface area (Å²) in [6.07, 6.45) is 6.26. The summed E-state index contributed by atoms with van der Waals surface area (Å²) in [6, 6.07) is 12.1. The second kappa shape index (κ2) is 8.80. The standard InChI is InChI=1S/C28H23N5O2S/c1-15-5-7-19-20(24(15)33-28(35)21-13-36-26-25(21)31-14-32-27(26)29)9-10-30-22(19)12-16-6-8-18-17(11-16)3-2-4-23(18)34/h5-11,13-14H,2-4,12H2,1H3,(H,33,35)(H2,29,31,32). The van der Waals surface area contributed by atoms with Gasteiger partial charge in [-0.2, -0.15) is 0 Å². The fraction of sp³-hybridized carbons (Fsp3) is 0.179. The number of nitrogens with one attached hydrogen (secondary N) is 1. The van der Waals surface area contributed by atoms with E-state index in [-0.39, 0.29) is 11.7 Å². The van der Waals surface area contributed by atoms with E-state index in [9.17, 15) is 9.59 Å². The Labute approximate surface area is 211 Å². The summed E-state index contributed by atoms with van der Waals surface area (Å²) >= 11 is 1.36. The van der Waals surface area contributed by atoms with Crippen molar-refractivity contribution in [1.29, 1.82) is 0 Å². The minimum atomic E-state index is -0.243. The summed E-state index contributed by atoms with van der Waals surface area (Å²) in [4.78, 5) is 38.4. The molecule has 7 nitrogen and oxygen atoms in total. The first-order valence-corrected chi connectivity index (χ1v) is 12.7. The number of hydrogen-bond donors (Lipinski definition) is 2. The van der Waals surface area contributed by atoms with E-state index < -0.39 is 0 Å². The zero-order valence-electron chi connectivity index (χ0n) is 19.7. The Hall–Kier alpha value is -4.17. The maximum absolute atomic E-state index is 13.3. The largest absolute Gasteiger partial charge is 0.382 e. The highest BCUT2D eigenvalue weighted by Gasteiger charge is 2.20. The zero-order chi connectivity index (χ0) is 24.8. The van der Waals surface area contributed by atoms with Crippen LogP contribution in [0.1, 0.15) is 55.9 Å². The number of Topliss-reactive ketones (excluding diaryl/α,β-unsaturated/α-hetero) is 1. The number of carbonyl (C=O) groups excluding carboxylic acids is 2. The van der Waals surface area contributed by atoms with Crippen molar-refractivity contribution >= 4 is 55.5 Å². The van der Waals surface area contributed by atoms with Gasteiger partial charge in [-0.3, -0.25) is 14.6 Å². The Morgan fingerprint density at radius 2 is 1.97 bits per heavy atom. The van der Waals surface area contributed by atoms with Crippen molar-refractivity contribution in [3.05, 3.63) is 87.8 Å². The molecule has 2 aromatic carbocycles. The van der Waals surface area contributed by atoms with Gasteiger partial charge in [-0.15, -0.1) is 11.3 Å². The molecule has 1 aliphatic carbocycles. The van der Waals surface area contributed by atoms with Gasteiger partial charge in [-0.05, 0) is 42.5 Å². The molecule has 3 heterocycles. The van der Waals surface area contributed by atoms with Gasteiger partial charge in [-0.25, -0.2) is 9.97 Å². The molecular weight excluding hydrogens is 470 g/mol. The molecule has 36 heavy (non-hydrogen) atoms. The van der Waals surface area contributed by atoms with E-state index in [1.54, 1.807) is 11.6 Å². The molecule has 0 fully saturated rings. The fourth-order valence-electron chi connectivity index (χ4n) is 4.95. The number of thiophene rings is 1. The summed E-state index contributed by atoms with van der Waals surface area (Å²) in [5, 5.41) is 6.78. The maximum Gasteiger partial charge on any atom is 0.258 e. The van der Waals surface area contributed by atoms with Crippen LogP contribution in [-0.2, 0) is 12.8 Å². The van der Waals surface area contributed by atoms with Crippen molar-refractivity contribution in [2.24, 2.45) is 0 Å². The number of ketones is 1. The Kier molecular flexibility index (Phi) is 5.45. The van der Waals surface area contributed by atoms with Crippen LogP contribution >= 0.6 is 11.3 Å². The molecule has 3 aromatic heterocycles. The first kappa shape index (κ1) is 22.3. The van der Waals surface area contributed by atoms with Gasteiger partial charge in [-0.1, -0.05) is 30.3 Å². The molecule has 0 radical (unpaired) electrons. The molecule has 6 rings (SSSR count). The van der Waals surface area contributed by atoms with Crippen LogP contribution in [0.5, 0.6) is 0 Å². The quantitative estimate of drug-likeness (QED) is 0.342. The Balaban J connectivity index is 1.35. The first-order valence-electron chi connectivity index (χ1n) is 11.8. The lowest BCUT2D eigenvalue weighted by molar-refractivity contribution is 0.0971. The molecular formula is C28H23N5O2S. The van der Waals surface area contributed by atoms with Crippen LogP contribution in [0.2, 0.25) is 0 Å². The number of anilines is 2. The SMILES string of the molecule is Cc1ccc2c(Cc3ccc4c(c3)CCCC4=O)nccc2c1NC(=O)c1csc2c(N)ncnc12. The second-order valence-electron chi connectivity index (χ2n) is 9.10. The summed E-state index contributed by atoms with van der Waals surface area (Å²) in [5.74, 6) is 0.356. The van der Waals surface area contributed by atoms with Crippen molar-refractivity contribution in [2.75, 3.05) is 11.1 Å². The van der Waals surface area contributed by atoms with Crippen molar-refractivity contribution in [3.63, 3.8) is 0 Å². The molecule has 3 N–H and O–H groups in total. The van der Waals surface area contributed by atoms with Crippen molar-refractivity contribution in [3.8, 4) is 0 Å². The number of nitrogens with zero attached hydrogens (tertiary/aromatic N) is 3. The van der Waals surface area contributed by atoms with Crippen LogP contribution in [-0.4, -0.2) is 26.6 Å². The number of rotatable bonds is 4. The molecule has 0 atom stereocenters. The van der Waals surface area contributed by atoms with E-state index >= 15 is 0 Å². The number of aryl methyl sites for hydroxylation is 2. The summed E-state index contributed by atoms with van der Waals surface area (Å²) in [7, 11) is 0. The molecule has 0 saturated carbocycles. The molecule has 0 unspecified atom stereocenters. The summed E-state index contributed by atoms with van der Waals surface area (Å²) < 4.78 is 0.704. The third kappa shape index (κ3) is 3.79. The third-order valence-electron chi connectivity index (χ3n) is 6.79. The van der Waals surface area contributed by atoms with Gasteiger partial charge in [0.1, 0.15) is 12.1 Å². The number of carbonyl (C=O) groups is 2. The molecule has 0 bridgehead atoms. The molecule has 1 amide bonds. The minimum Gasteiger partial charge on any atom is -0.382 e. The van der Waals surface area contributed by atoms with Crippen molar-refractivity contribution < 1.29 is 9.59 Å². The Morgan fingerprint density at radius 3 is 2.86 bits per heavy atom. The Morgan fingerprint density at radius 1 is 1.08 bits per heavy atom. The van der Waals surface area contributed by atoms with Crippen LogP contribution < -0.4 is 11.1 Å². The highest BCUT2D eigenvalue weighted by molar-refractivity contribution is 7.18. The molecule has 8 heteroatoms. The van der Waals surface area contributed by atoms with Gasteiger partial charge in [0.2, 0.25) is 0 Å². The van der Waals surface area contributed by atoms with Gasteiger partial charge in [0.05, 0.1) is 27.2 Å². The van der Waals surface area contributed by atoms with Crippen LogP contribution in [0.3, 0.4) is 0 Å². The minimum absolute atomic E-state index is 0.231. The molecule has 0 spiro atoms. The van der Waals surface area contributed by atoms with Crippen molar-refractivity contribution in [2.45, 2.75) is 32.6 Å². The van der Waals surface area contributed by atoms with Crippen LogP contribution in [0.15, 0.2) is 54.3 Å². The van der Waals surface area contributed by atoms with Gasteiger partial charge >= 0.3 is 0 Å². The first-order chi connectivity index (χ1) is 17.5. The van der Waals surface area contributed by atoms with E-state index in [0.717, 1.165) is 57.2 Å². The topological polar surface area (TPSA) is 111 Å². The summed E-state index contributed by atoms with van der Waals surface area (Å²) in [6.45, 7) is 1.97. The average molecular weight is 494 g/mol. The van der Waals surface area contributed by atoms with E-state index in [4.69, 9.17) is 5.73 Å². The zero-order valence-corrected chi connectivity index (χ0v) is 20.5. The molecule has 0 aliphatic heterocycles. The molecule has 178 valence electrons.